The van der Waals surface area contributed by atoms with E-state index in [-0.39, 0.29) is 85.3 Å². The Morgan fingerprint density at radius 3 is 1.77 bits per heavy atom. The highest BCUT2D eigenvalue weighted by Crippen LogP contribution is 2.49. The Bertz CT molecular complexity index is 3550. The van der Waals surface area contributed by atoms with Gasteiger partial charge < -0.3 is 43.1 Å². The second kappa shape index (κ2) is 24.2. The van der Waals surface area contributed by atoms with E-state index in [9.17, 15) is 0 Å². The van der Waals surface area contributed by atoms with Gasteiger partial charge in [0.2, 0.25) is 5.88 Å². The third-order valence-electron chi connectivity index (χ3n) is 16.1. The topological polar surface area (TPSA) is 133 Å². The van der Waals surface area contributed by atoms with Crippen molar-refractivity contribution < 1.29 is 50.4 Å². The van der Waals surface area contributed by atoms with Crippen molar-refractivity contribution in [2.75, 3.05) is 76.0 Å². The molecule has 15 nitrogen and oxygen atoms in total. The molecule has 8 aromatic rings. The smallest absolute Gasteiger partial charge is 0.418 e. The van der Waals surface area contributed by atoms with Crippen molar-refractivity contribution in [2.45, 2.75) is 83.2 Å². The lowest BCUT2D eigenvalue weighted by Crippen LogP contribution is -2.43. The summed E-state index contributed by atoms with van der Waals surface area (Å²) < 4.78 is 115. The summed E-state index contributed by atoms with van der Waals surface area (Å²) in [7, 11) is 6.31. The molecule has 4 aromatic heterocycles. The van der Waals surface area contributed by atoms with E-state index in [0.717, 1.165) is 41.5 Å². The summed E-state index contributed by atoms with van der Waals surface area (Å²) >= 11 is 7.52. The first kappa shape index (κ1) is 57.6. The van der Waals surface area contributed by atoms with Crippen molar-refractivity contribution >= 4 is 40.0 Å². The predicted molar refractivity (Wildman–Crippen MR) is 311 cm³/mol. The molecule has 84 heavy (non-hydrogen) atoms. The monoisotopic (exact) mass is 1170 g/mol. The summed E-state index contributed by atoms with van der Waals surface area (Å²) in [6.45, 7) is 5.17. The molecule has 438 valence electrons. The minimum absolute atomic E-state index is 0.0180. The largest absolute Gasteiger partial charge is 0.497 e. The molecule has 4 aromatic carbocycles. The Morgan fingerprint density at radius 1 is 0.714 bits per heavy atom. The number of hydrogen-bond donors (Lipinski definition) is 0. The highest BCUT2D eigenvalue weighted by Gasteiger charge is 2.50. The SMILES string of the molecule is COc1ccc(CN(Cc2ccc(OC)cc2)c2ncccc2[C@@H](C)N2CCOc3nc(-c4nc(N(Cc5ccc(OC)cc5)Cc5ccc(OC)cc5)c(F)c(C)c4C(F)(F)F)c(Cl)c4nc(OC[C@@]56CCCN5C[C@H](F)C6)nc2c34)cc1. The lowest BCUT2D eigenvalue weighted by Gasteiger charge is -2.34. The highest BCUT2D eigenvalue weighted by atomic mass is 35.5. The van der Waals surface area contributed by atoms with Crippen LogP contribution in [0.1, 0.15) is 71.2 Å². The molecule has 21 heteroatoms. The molecule has 2 saturated heterocycles. The van der Waals surface area contributed by atoms with Crippen LogP contribution < -0.4 is 43.1 Å². The highest BCUT2D eigenvalue weighted by molar-refractivity contribution is 6.38. The van der Waals surface area contributed by atoms with Crippen molar-refractivity contribution in [1.82, 2.24) is 29.8 Å². The molecular weight excluding hydrogens is 1110 g/mol. The number of aromatic nitrogens is 5. The Hall–Kier alpha value is -8.23. The maximum absolute atomic E-state index is 17.2. The zero-order valence-electron chi connectivity index (χ0n) is 47.4. The van der Waals surface area contributed by atoms with Crippen LogP contribution in [0.25, 0.3) is 22.3 Å². The van der Waals surface area contributed by atoms with Crippen LogP contribution in [-0.2, 0) is 32.4 Å². The van der Waals surface area contributed by atoms with E-state index in [0.29, 0.717) is 54.5 Å². The summed E-state index contributed by atoms with van der Waals surface area (Å²) in [5.74, 6) is 1.83. The molecule has 0 aliphatic carbocycles. The van der Waals surface area contributed by atoms with Crippen LogP contribution in [0.15, 0.2) is 115 Å². The number of benzene rings is 4. The summed E-state index contributed by atoms with van der Waals surface area (Å²) in [6, 6.07) is 32.9. The maximum Gasteiger partial charge on any atom is 0.418 e. The fourth-order valence-electron chi connectivity index (χ4n) is 11.8. The van der Waals surface area contributed by atoms with Gasteiger partial charge in [-0.05, 0) is 110 Å². The average Bonchev–Trinajstić information content (AvgIpc) is 3.50. The molecule has 3 atom stereocenters. The molecule has 0 N–H and O–H groups in total. The number of pyridine rings is 3. The number of nitrogens with zero attached hydrogens (tertiary/aromatic N) is 9. The van der Waals surface area contributed by atoms with Crippen LogP contribution in [0, 0.1) is 12.7 Å². The standard InChI is InChI=1S/C63H63ClF5N9O6/c1-38-51(63(67,68)69)55(71-59(53(38)66)76(34-42-14-22-47(81-5)23-15-42)35-43-16-24-48(82-6)25-17-43)56-52(64)54-50-58(74-61(73-54)84-37-62-26-8-28-77(62)36-44(65)31-62)78(29-30-83-60(50)72-56)39(2)49-9-7-27-70-57(49)75(32-40-10-18-45(79-3)19-11-40)33-41-12-20-46(80-4)21-13-41/h7,9-25,27,39,44H,8,26,28-37H2,1-6H3/t39-,44-,62+/m1/s1. The normalized spacial score (nSPS) is 17.1. The van der Waals surface area contributed by atoms with Gasteiger partial charge in [0, 0.05) is 56.5 Å². The number of hydrogen-bond acceptors (Lipinski definition) is 15. The van der Waals surface area contributed by atoms with Gasteiger partial charge in [-0.15, -0.1) is 0 Å². The van der Waals surface area contributed by atoms with Crippen molar-refractivity contribution in [1.29, 1.82) is 0 Å². The molecule has 11 rings (SSSR count). The summed E-state index contributed by atoms with van der Waals surface area (Å²) in [6.07, 6.45) is -2.69. The van der Waals surface area contributed by atoms with Gasteiger partial charge in [0.15, 0.2) is 11.6 Å². The first-order valence-corrected chi connectivity index (χ1v) is 28.0. The van der Waals surface area contributed by atoms with Gasteiger partial charge in [-0.2, -0.15) is 23.1 Å². The van der Waals surface area contributed by atoms with Gasteiger partial charge >= 0.3 is 12.2 Å². The molecule has 0 unspecified atom stereocenters. The molecule has 0 radical (unpaired) electrons. The van der Waals surface area contributed by atoms with E-state index in [1.807, 2.05) is 72.5 Å². The Balaban J connectivity index is 1.06. The number of fused-ring (bicyclic) bond motifs is 1. The summed E-state index contributed by atoms with van der Waals surface area (Å²) in [5, 5.41) is -0.150. The van der Waals surface area contributed by atoms with Crippen molar-refractivity contribution in [2.24, 2.45) is 0 Å². The molecule has 0 spiro atoms. The van der Waals surface area contributed by atoms with Gasteiger partial charge in [0.1, 0.15) is 76.3 Å². The van der Waals surface area contributed by atoms with Crippen LogP contribution in [0.4, 0.5) is 39.4 Å². The molecular formula is C63H63ClF5N9O6. The van der Waals surface area contributed by atoms with Gasteiger partial charge in [-0.3, -0.25) is 4.90 Å². The number of halogens is 6. The molecule has 2 fully saturated rings. The van der Waals surface area contributed by atoms with Crippen molar-refractivity contribution in [3.8, 4) is 46.3 Å². The van der Waals surface area contributed by atoms with Crippen LogP contribution >= 0.6 is 11.6 Å². The van der Waals surface area contributed by atoms with Crippen LogP contribution in [0.2, 0.25) is 5.02 Å². The molecule has 0 saturated carbocycles. The number of anilines is 3. The Labute approximate surface area is 488 Å². The summed E-state index contributed by atoms with van der Waals surface area (Å²) in [5.41, 5.74) is 0.192. The molecule has 3 aliphatic heterocycles. The molecule has 7 heterocycles. The predicted octanol–water partition coefficient (Wildman–Crippen LogP) is 13.0. The van der Waals surface area contributed by atoms with E-state index in [1.165, 1.54) is 14.2 Å². The van der Waals surface area contributed by atoms with Gasteiger partial charge in [-0.25, -0.2) is 23.7 Å². The minimum atomic E-state index is -5.16. The summed E-state index contributed by atoms with van der Waals surface area (Å²) in [4.78, 5) is 32.3. The van der Waals surface area contributed by atoms with Gasteiger partial charge in [-0.1, -0.05) is 66.2 Å². The molecule has 3 aliphatic rings. The Morgan fingerprint density at radius 2 is 1.25 bits per heavy atom. The second-order valence-corrected chi connectivity index (χ2v) is 21.7. The van der Waals surface area contributed by atoms with Gasteiger partial charge in [0.25, 0.3) is 0 Å². The van der Waals surface area contributed by atoms with Crippen LogP contribution in [-0.4, -0.2) is 103 Å². The van der Waals surface area contributed by atoms with Crippen molar-refractivity contribution in [3.05, 3.63) is 165 Å². The van der Waals surface area contributed by atoms with E-state index >= 15 is 22.0 Å². The fourth-order valence-corrected chi connectivity index (χ4v) is 12.1. The zero-order chi connectivity index (χ0) is 58.9. The number of ether oxygens (including phenoxy) is 6. The van der Waals surface area contributed by atoms with Crippen LogP contribution in [0.3, 0.4) is 0 Å². The molecule has 0 bridgehead atoms. The van der Waals surface area contributed by atoms with Crippen molar-refractivity contribution in [3.63, 3.8) is 0 Å². The van der Waals surface area contributed by atoms with Gasteiger partial charge in [0.05, 0.1) is 57.2 Å². The molecule has 0 amide bonds. The van der Waals surface area contributed by atoms with E-state index in [2.05, 4.69) is 14.8 Å². The first-order chi connectivity index (χ1) is 40.6. The zero-order valence-corrected chi connectivity index (χ0v) is 48.1. The number of rotatable bonds is 20. The Kier molecular flexibility index (Phi) is 16.6. The lowest BCUT2D eigenvalue weighted by molar-refractivity contribution is -0.137. The third kappa shape index (κ3) is 11.7. The average molecular weight is 1170 g/mol. The lowest BCUT2D eigenvalue weighted by atomic mass is 9.95. The first-order valence-electron chi connectivity index (χ1n) is 27.6. The quantitative estimate of drug-likeness (QED) is 0.0670. The van der Waals surface area contributed by atoms with E-state index in [1.54, 1.807) is 73.8 Å². The maximum atomic E-state index is 17.2. The second-order valence-electron chi connectivity index (χ2n) is 21.3. The fraction of sp³-hybridized carbons (Fsp3) is 0.349. The van der Waals surface area contributed by atoms with E-state index in [4.69, 9.17) is 60.0 Å². The van der Waals surface area contributed by atoms with Crippen LogP contribution in [0.5, 0.6) is 34.9 Å². The minimum Gasteiger partial charge on any atom is -0.497 e. The third-order valence-corrected chi connectivity index (χ3v) is 16.5. The number of methoxy groups -OCH3 is 4. The van der Waals surface area contributed by atoms with E-state index < -0.39 is 52.3 Å². The number of alkyl halides is 4.